The summed E-state index contributed by atoms with van der Waals surface area (Å²) in [5, 5.41) is 5.96. The molecule has 3 aromatic rings. The number of rotatable bonds is 6. The maximum atomic E-state index is 12.7. The quantitative estimate of drug-likeness (QED) is 0.651. The molecule has 0 saturated heterocycles. The normalized spacial score (nSPS) is 10.7. The Bertz CT molecular complexity index is 955. The van der Waals surface area contributed by atoms with E-state index in [1.807, 2.05) is 0 Å². The zero-order valence-electron chi connectivity index (χ0n) is 14.0. The molecule has 0 saturated carbocycles. The molecule has 0 fully saturated rings. The number of imidazole rings is 1. The molecule has 3 rings (SSSR count). The second kappa shape index (κ2) is 7.99. The van der Waals surface area contributed by atoms with Gasteiger partial charge in [0.05, 0.1) is 12.1 Å². The second-order valence-electron chi connectivity index (χ2n) is 5.45. The van der Waals surface area contributed by atoms with Crippen LogP contribution in [0, 0.1) is 0 Å². The van der Waals surface area contributed by atoms with Crippen LogP contribution in [-0.4, -0.2) is 41.5 Å². The van der Waals surface area contributed by atoms with Crippen molar-refractivity contribution in [2.24, 2.45) is 0 Å². The molecule has 2 heterocycles. The van der Waals surface area contributed by atoms with Crippen LogP contribution in [0.3, 0.4) is 0 Å². The van der Waals surface area contributed by atoms with Crippen LogP contribution in [0.1, 0.15) is 21.1 Å². The van der Waals surface area contributed by atoms with Crippen LogP contribution < -0.4 is 10.6 Å². The monoisotopic (exact) mass is 372 g/mol. The number of amides is 2. The summed E-state index contributed by atoms with van der Waals surface area (Å²) in [6.07, 6.45) is 1.68. The van der Waals surface area contributed by atoms with Gasteiger partial charge >= 0.3 is 0 Å². The molecule has 0 unspecified atom stereocenters. The predicted molar refractivity (Wildman–Crippen MR) is 98.8 cm³/mol. The standard InChI is InChI=1S/C18H17ClN4O3/c1-26-10-8-20-18(25)16-22-15(14-7-2-3-9-23(14)16)17(24)21-13-6-4-5-12(19)11-13/h2-7,9,11H,8,10H2,1H3,(H,20,25)(H,21,24). The first-order valence-electron chi connectivity index (χ1n) is 7.91. The molecule has 2 aromatic heterocycles. The first-order valence-corrected chi connectivity index (χ1v) is 8.29. The van der Waals surface area contributed by atoms with Crippen molar-refractivity contribution >= 4 is 34.6 Å². The second-order valence-corrected chi connectivity index (χ2v) is 5.89. The summed E-state index contributed by atoms with van der Waals surface area (Å²) in [5.41, 5.74) is 1.23. The van der Waals surface area contributed by atoms with E-state index >= 15 is 0 Å². The van der Waals surface area contributed by atoms with E-state index in [1.165, 1.54) is 0 Å². The topological polar surface area (TPSA) is 84.7 Å². The lowest BCUT2D eigenvalue weighted by molar-refractivity contribution is 0.0926. The number of carbonyl (C=O) groups is 2. The summed E-state index contributed by atoms with van der Waals surface area (Å²) in [6.45, 7) is 0.734. The average Bonchev–Trinajstić information content (AvgIpc) is 3.02. The lowest BCUT2D eigenvalue weighted by atomic mass is 10.3. The third-order valence-corrected chi connectivity index (χ3v) is 3.88. The van der Waals surface area contributed by atoms with Crippen LogP contribution in [0.2, 0.25) is 5.02 Å². The Morgan fingerprint density at radius 1 is 1.19 bits per heavy atom. The van der Waals surface area contributed by atoms with Crippen molar-refractivity contribution in [3.63, 3.8) is 0 Å². The van der Waals surface area contributed by atoms with Gasteiger partial charge in [-0.25, -0.2) is 4.98 Å². The fraction of sp³-hybridized carbons (Fsp3) is 0.167. The van der Waals surface area contributed by atoms with Gasteiger partial charge in [0.15, 0.2) is 5.69 Å². The number of nitrogens with zero attached hydrogens (tertiary/aromatic N) is 2. The molecule has 8 heteroatoms. The Morgan fingerprint density at radius 3 is 2.81 bits per heavy atom. The summed E-state index contributed by atoms with van der Waals surface area (Å²) >= 11 is 5.94. The third kappa shape index (κ3) is 3.84. The van der Waals surface area contributed by atoms with E-state index in [1.54, 1.807) is 60.2 Å². The molecule has 26 heavy (non-hydrogen) atoms. The molecule has 2 N–H and O–H groups in total. The highest BCUT2D eigenvalue weighted by Gasteiger charge is 2.21. The maximum Gasteiger partial charge on any atom is 0.287 e. The van der Waals surface area contributed by atoms with Crippen LogP contribution >= 0.6 is 11.6 Å². The highest BCUT2D eigenvalue weighted by atomic mass is 35.5. The van der Waals surface area contributed by atoms with Gasteiger partial charge in [0.25, 0.3) is 11.8 Å². The Hall–Kier alpha value is -2.90. The van der Waals surface area contributed by atoms with Crippen molar-refractivity contribution in [1.82, 2.24) is 14.7 Å². The average molecular weight is 373 g/mol. The molecule has 0 atom stereocenters. The van der Waals surface area contributed by atoms with Crippen molar-refractivity contribution in [1.29, 1.82) is 0 Å². The van der Waals surface area contributed by atoms with Gasteiger partial charge in [0.1, 0.15) is 0 Å². The Balaban J connectivity index is 1.91. The smallest absolute Gasteiger partial charge is 0.287 e. The van der Waals surface area contributed by atoms with Crippen LogP contribution in [0.15, 0.2) is 48.7 Å². The lowest BCUT2D eigenvalue weighted by Gasteiger charge is -2.03. The van der Waals surface area contributed by atoms with E-state index < -0.39 is 5.91 Å². The summed E-state index contributed by atoms with van der Waals surface area (Å²) < 4.78 is 6.50. The minimum absolute atomic E-state index is 0.132. The van der Waals surface area contributed by atoms with Gasteiger partial charge in [0.2, 0.25) is 5.82 Å². The molecule has 0 radical (unpaired) electrons. The Kier molecular flexibility index (Phi) is 5.50. The minimum atomic E-state index is -0.424. The number of nitrogens with one attached hydrogen (secondary N) is 2. The Labute approximate surface area is 154 Å². The summed E-state index contributed by atoms with van der Waals surface area (Å²) in [7, 11) is 1.55. The van der Waals surface area contributed by atoms with Crippen molar-refractivity contribution in [3.8, 4) is 0 Å². The zero-order valence-corrected chi connectivity index (χ0v) is 14.8. The molecule has 2 amide bonds. The van der Waals surface area contributed by atoms with Gasteiger partial charge < -0.3 is 15.4 Å². The van der Waals surface area contributed by atoms with E-state index in [2.05, 4.69) is 15.6 Å². The summed E-state index contributed by atoms with van der Waals surface area (Å²) in [6, 6.07) is 12.1. The van der Waals surface area contributed by atoms with Crippen LogP contribution in [0.4, 0.5) is 5.69 Å². The molecule has 0 spiro atoms. The van der Waals surface area contributed by atoms with E-state index in [4.69, 9.17) is 16.3 Å². The molecule has 0 aliphatic heterocycles. The number of fused-ring (bicyclic) bond motifs is 1. The van der Waals surface area contributed by atoms with Gasteiger partial charge in [-0.3, -0.25) is 14.0 Å². The highest BCUT2D eigenvalue weighted by Crippen LogP contribution is 2.18. The highest BCUT2D eigenvalue weighted by molar-refractivity contribution is 6.31. The number of anilines is 1. The first kappa shape index (κ1) is 17.9. The SMILES string of the molecule is COCCNC(=O)c1nc(C(=O)Nc2cccc(Cl)c2)c2ccccn12. The van der Waals surface area contributed by atoms with Gasteiger partial charge in [-0.2, -0.15) is 0 Å². The number of carbonyl (C=O) groups excluding carboxylic acids is 2. The summed E-state index contributed by atoms with van der Waals surface area (Å²) in [4.78, 5) is 29.3. The molecule has 0 bridgehead atoms. The molecule has 7 nitrogen and oxygen atoms in total. The van der Waals surface area contributed by atoms with E-state index in [9.17, 15) is 9.59 Å². The lowest BCUT2D eigenvalue weighted by Crippen LogP contribution is -2.28. The molecule has 0 aliphatic rings. The molecular weight excluding hydrogens is 356 g/mol. The van der Waals surface area contributed by atoms with Gasteiger partial charge in [0, 0.05) is 30.6 Å². The van der Waals surface area contributed by atoms with Crippen LogP contribution in [-0.2, 0) is 4.74 Å². The fourth-order valence-corrected chi connectivity index (χ4v) is 2.66. The molecular formula is C18H17ClN4O3. The van der Waals surface area contributed by atoms with Crippen molar-refractivity contribution in [2.75, 3.05) is 25.6 Å². The number of methoxy groups -OCH3 is 1. The fourth-order valence-electron chi connectivity index (χ4n) is 2.47. The number of aromatic nitrogens is 2. The maximum absolute atomic E-state index is 12.7. The van der Waals surface area contributed by atoms with Crippen LogP contribution in [0.25, 0.3) is 5.52 Å². The number of benzene rings is 1. The number of ether oxygens (including phenoxy) is 1. The summed E-state index contributed by atoms with van der Waals surface area (Å²) in [5.74, 6) is -0.676. The number of halogens is 1. The first-order chi connectivity index (χ1) is 12.6. The number of pyridine rings is 1. The molecule has 134 valence electrons. The van der Waals surface area contributed by atoms with E-state index in [-0.39, 0.29) is 17.4 Å². The number of hydrogen-bond acceptors (Lipinski definition) is 4. The van der Waals surface area contributed by atoms with Crippen LogP contribution in [0.5, 0.6) is 0 Å². The largest absolute Gasteiger partial charge is 0.383 e. The predicted octanol–water partition coefficient (Wildman–Crippen LogP) is 2.62. The molecule has 1 aromatic carbocycles. The van der Waals surface area contributed by atoms with Crippen molar-refractivity contribution in [3.05, 3.63) is 65.2 Å². The van der Waals surface area contributed by atoms with Crippen molar-refractivity contribution in [2.45, 2.75) is 0 Å². The third-order valence-electron chi connectivity index (χ3n) is 3.64. The van der Waals surface area contributed by atoms with Gasteiger partial charge in [-0.05, 0) is 30.3 Å². The van der Waals surface area contributed by atoms with Gasteiger partial charge in [-0.15, -0.1) is 0 Å². The minimum Gasteiger partial charge on any atom is -0.383 e. The van der Waals surface area contributed by atoms with E-state index in [0.29, 0.717) is 29.4 Å². The van der Waals surface area contributed by atoms with E-state index in [0.717, 1.165) is 0 Å². The number of hydrogen-bond donors (Lipinski definition) is 2. The van der Waals surface area contributed by atoms with Gasteiger partial charge in [-0.1, -0.05) is 23.7 Å². The Morgan fingerprint density at radius 2 is 2.04 bits per heavy atom. The zero-order chi connectivity index (χ0) is 18.5. The van der Waals surface area contributed by atoms with Crippen molar-refractivity contribution < 1.29 is 14.3 Å². The molecule has 0 aliphatic carbocycles.